The predicted octanol–water partition coefficient (Wildman–Crippen LogP) is 1.50. The molecule has 2 saturated heterocycles. The van der Waals surface area contributed by atoms with Crippen molar-refractivity contribution in [2.45, 2.75) is 58.2 Å². The minimum Gasteiger partial charge on any atom is -0.373 e. The summed E-state index contributed by atoms with van der Waals surface area (Å²) in [6.45, 7) is 11.5. The van der Waals surface area contributed by atoms with Crippen LogP contribution in [-0.2, 0) is 9.53 Å². The number of amides is 1. The van der Waals surface area contributed by atoms with Crippen LogP contribution in [-0.4, -0.2) is 59.6 Å². The molecular weight excluding hydrogens is 228 g/mol. The van der Waals surface area contributed by atoms with Gasteiger partial charge in [-0.1, -0.05) is 0 Å². The van der Waals surface area contributed by atoms with Gasteiger partial charge < -0.3 is 9.64 Å². The smallest absolute Gasteiger partial charge is 0.237 e. The molecule has 2 aliphatic heterocycles. The van der Waals surface area contributed by atoms with Gasteiger partial charge in [0.1, 0.15) is 0 Å². The Morgan fingerprint density at radius 2 is 1.89 bits per heavy atom. The zero-order chi connectivity index (χ0) is 13.3. The second-order valence-electron chi connectivity index (χ2n) is 6.40. The highest BCUT2D eigenvalue weighted by atomic mass is 16.5. The third-order valence-electron chi connectivity index (χ3n) is 4.10. The zero-order valence-corrected chi connectivity index (χ0v) is 12.1. The van der Waals surface area contributed by atoms with E-state index in [0.717, 1.165) is 32.5 Å². The second kappa shape index (κ2) is 5.17. The number of carbonyl (C=O) groups is 1. The lowest BCUT2D eigenvalue weighted by Gasteiger charge is -2.39. The lowest BCUT2D eigenvalue weighted by atomic mass is 10.1. The number of rotatable bonds is 2. The minimum atomic E-state index is -0.124. The summed E-state index contributed by atoms with van der Waals surface area (Å²) in [6.07, 6.45) is 2.28. The molecule has 2 aliphatic rings. The van der Waals surface area contributed by atoms with Crippen LogP contribution in [0.15, 0.2) is 0 Å². The summed E-state index contributed by atoms with van der Waals surface area (Å²) in [7, 11) is 0. The molecule has 0 N–H and O–H groups in total. The molecule has 0 aliphatic carbocycles. The molecule has 18 heavy (non-hydrogen) atoms. The molecule has 4 heteroatoms. The van der Waals surface area contributed by atoms with Crippen molar-refractivity contribution in [3.8, 4) is 0 Å². The normalized spacial score (nSPS) is 32.8. The van der Waals surface area contributed by atoms with Crippen LogP contribution in [0.25, 0.3) is 0 Å². The molecule has 0 radical (unpaired) electrons. The highest BCUT2D eigenvalue weighted by molar-refractivity contribution is 5.79. The third kappa shape index (κ3) is 3.04. The first-order valence-electron chi connectivity index (χ1n) is 7.06. The van der Waals surface area contributed by atoms with E-state index in [1.807, 2.05) is 0 Å². The van der Waals surface area contributed by atoms with E-state index in [9.17, 15) is 4.79 Å². The number of morpholine rings is 1. The fraction of sp³-hybridized carbons (Fsp3) is 0.929. The van der Waals surface area contributed by atoms with Crippen LogP contribution in [0.2, 0.25) is 0 Å². The number of nitrogens with zero attached hydrogens (tertiary/aromatic N) is 2. The third-order valence-corrected chi connectivity index (χ3v) is 4.10. The lowest BCUT2D eigenvalue weighted by Crippen LogP contribution is -2.52. The fourth-order valence-corrected chi connectivity index (χ4v) is 3.21. The lowest BCUT2D eigenvalue weighted by molar-refractivity contribution is -0.139. The Morgan fingerprint density at radius 1 is 1.28 bits per heavy atom. The summed E-state index contributed by atoms with van der Waals surface area (Å²) in [5.41, 5.74) is -0.124. The standard InChI is InChI=1S/C14H26N2O2/c1-11-5-6-12(2)16(11)13(17)9-15-7-8-18-14(3,4)10-15/h11-12H,5-10H2,1-4H3/t11-,12?/m1/s1. The first-order chi connectivity index (χ1) is 8.39. The van der Waals surface area contributed by atoms with Crippen molar-refractivity contribution in [3.05, 3.63) is 0 Å². The van der Waals surface area contributed by atoms with E-state index < -0.39 is 0 Å². The van der Waals surface area contributed by atoms with Crippen molar-refractivity contribution in [3.63, 3.8) is 0 Å². The molecule has 2 heterocycles. The Kier molecular flexibility index (Phi) is 3.97. The molecular formula is C14H26N2O2. The number of hydrogen-bond donors (Lipinski definition) is 0. The maximum Gasteiger partial charge on any atom is 0.237 e. The second-order valence-corrected chi connectivity index (χ2v) is 6.40. The van der Waals surface area contributed by atoms with E-state index in [1.54, 1.807) is 0 Å². The van der Waals surface area contributed by atoms with E-state index in [2.05, 4.69) is 37.5 Å². The Labute approximate surface area is 110 Å². The molecule has 104 valence electrons. The Hall–Kier alpha value is -0.610. The van der Waals surface area contributed by atoms with E-state index in [-0.39, 0.29) is 11.5 Å². The van der Waals surface area contributed by atoms with Gasteiger partial charge in [-0.15, -0.1) is 0 Å². The van der Waals surface area contributed by atoms with Gasteiger partial charge in [0.15, 0.2) is 0 Å². The van der Waals surface area contributed by atoms with Crippen LogP contribution >= 0.6 is 0 Å². The minimum absolute atomic E-state index is 0.124. The quantitative estimate of drug-likeness (QED) is 0.748. The molecule has 0 bridgehead atoms. The summed E-state index contributed by atoms with van der Waals surface area (Å²) in [6, 6.07) is 0.808. The molecule has 0 aromatic heterocycles. The van der Waals surface area contributed by atoms with Gasteiger partial charge in [-0.3, -0.25) is 9.69 Å². The van der Waals surface area contributed by atoms with Gasteiger partial charge in [-0.05, 0) is 40.5 Å². The number of carbonyl (C=O) groups excluding carboxylic acids is 1. The van der Waals surface area contributed by atoms with Crippen LogP contribution in [0.5, 0.6) is 0 Å². The van der Waals surface area contributed by atoms with Gasteiger partial charge in [0, 0.05) is 25.2 Å². The highest BCUT2D eigenvalue weighted by Gasteiger charge is 2.34. The molecule has 0 spiro atoms. The maximum atomic E-state index is 12.4. The first kappa shape index (κ1) is 13.8. The summed E-state index contributed by atoms with van der Waals surface area (Å²) >= 11 is 0. The van der Waals surface area contributed by atoms with Crippen LogP contribution in [0.3, 0.4) is 0 Å². The van der Waals surface area contributed by atoms with Crippen molar-refractivity contribution in [1.29, 1.82) is 0 Å². The Morgan fingerprint density at radius 3 is 2.44 bits per heavy atom. The monoisotopic (exact) mass is 254 g/mol. The molecule has 2 atom stereocenters. The fourth-order valence-electron chi connectivity index (χ4n) is 3.21. The number of likely N-dealkylation sites (tertiary alicyclic amines) is 1. The van der Waals surface area contributed by atoms with Crippen molar-refractivity contribution < 1.29 is 9.53 Å². The van der Waals surface area contributed by atoms with Crippen LogP contribution < -0.4 is 0 Å². The van der Waals surface area contributed by atoms with Gasteiger partial charge in [0.05, 0.1) is 18.8 Å². The van der Waals surface area contributed by atoms with Crippen LogP contribution in [0, 0.1) is 0 Å². The topological polar surface area (TPSA) is 32.8 Å². The van der Waals surface area contributed by atoms with E-state index >= 15 is 0 Å². The number of hydrogen-bond acceptors (Lipinski definition) is 3. The largest absolute Gasteiger partial charge is 0.373 e. The molecule has 0 aromatic rings. The van der Waals surface area contributed by atoms with Gasteiger partial charge in [0.25, 0.3) is 0 Å². The van der Waals surface area contributed by atoms with E-state index in [4.69, 9.17) is 4.74 Å². The van der Waals surface area contributed by atoms with Gasteiger partial charge in [-0.2, -0.15) is 0 Å². The molecule has 2 fully saturated rings. The molecule has 2 rings (SSSR count). The van der Waals surface area contributed by atoms with Crippen molar-refractivity contribution in [2.75, 3.05) is 26.2 Å². The predicted molar refractivity (Wildman–Crippen MR) is 71.5 cm³/mol. The maximum absolute atomic E-state index is 12.4. The summed E-state index contributed by atoms with van der Waals surface area (Å²) in [5.74, 6) is 0.283. The van der Waals surface area contributed by atoms with Crippen molar-refractivity contribution >= 4 is 5.91 Å². The van der Waals surface area contributed by atoms with Gasteiger partial charge >= 0.3 is 0 Å². The summed E-state index contributed by atoms with van der Waals surface area (Å²) in [4.78, 5) is 16.7. The van der Waals surface area contributed by atoms with E-state index in [0.29, 0.717) is 18.6 Å². The Bertz CT molecular complexity index is 307. The SMILES string of the molecule is CC1CC[C@@H](C)N1C(=O)CN1CCOC(C)(C)C1. The van der Waals surface area contributed by atoms with Crippen molar-refractivity contribution in [1.82, 2.24) is 9.80 Å². The average Bonchev–Trinajstić information content (AvgIpc) is 2.57. The molecule has 0 saturated carbocycles. The first-order valence-corrected chi connectivity index (χ1v) is 7.06. The summed E-state index contributed by atoms with van der Waals surface area (Å²) in [5, 5.41) is 0. The van der Waals surface area contributed by atoms with Crippen LogP contribution in [0.4, 0.5) is 0 Å². The highest BCUT2D eigenvalue weighted by Crippen LogP contribution is 2.24. The summed E-state index contributed by atoms with van der Waals surface area (Å²) < 4.78 is 5.68. The Balaban J connectivity index is 1.91. The van der Waals surface area contributed by atoms with Gasteiger partial charge in [-0.25, -0.2) is 0 Å². The molecule has 1 amide bonds. The zero-order valence-electron chi connectivity index (χ0n) is 12.1. The van der Waals surface area contributed by atoms with Crippen LogP contribution in [0.1, 0.15) is 40.5 Å². The average molecular weight is 254 g/mol. The molecule has 0 aromatic carbocycles. The van der Waals surface area contributed by atoms with Gasteiger partial charge in [0.2, 0.25) is 5.91 Å². The van der Waals surface area contributed by atoms with Crippen molar-refractivity contribution in [2.24, 2.45) is 0 Å². The molecule has 1 unspecified atom stereocenters. The van der Waals surface area contributed by atoms with E-state index in [1.165, 1.54) is 0 Å². The molecule has 4 nitrogen and oxygen atoms in total. The number of ether oxygens (including phenoxy) is 1.